The second kappa shape index (κ2) is 6.19. The molecule has 3 rings (SSSR count). The predicted octanol–water partition coefficient (Wildman–Crippen LogP) is 3.95. The lowest BCUT2D eigenvalue weighted by atomic mass is 10.0. The van der Waals surface area contributed by atoms with Crippen LogP contribution in [0.25, 0.3) is 10.2 Å². The summed E-state index contributed by atoms with van der Waals surface area (Å²) in [4.78, 5) is 4.59. The van der Waals surface area contributed by atoms with Crippen molar-refractivity contribution in [3.05, 3.63) is 63.3 Å². The van der Waals surface area contributed by atoms with Gasteiger partial charge >= 0.3 is 0 Å². The van der Waals surface area contributed by atoms with Crippen molar-refractivity contribution in [2.75, 3.05) is 0 Å². The SMILES string of the molecule is NNC(Cc1nc2ccccc2s1)c1cc(F)ccc1Br. The molecule has 0 amide bonds. The summed E-state index contributed by atoms with van der Waals surface area (Å²) < 4.78 is 15.4. The van der Waals surface area contributed by atoms with E-state index in [2.05, 4.69) is 26.3 Å². The average Bonchev–Trinajstić information content (AvgIpc) is 2.90. The monoisotopic (exact) mass is 365 g/mol. The zero-order chi connectivity index (χ0) is 14.8. The molecule has 1 aromatic heterocycles. The number of benzene rings is 2. The third-order valence-corrected chi connectivity index (χ3v) is 5.03. The van der Waals surface area contributed by atoms with E-state index in [9.17, 15) is 4.39 Å². The molecule has 0 radical (unpaired) electrons. The second-order valence-electron chi connectivity index (χ2n) is 4.66. The molecule has 3 N–H and O–H groups in total. The fourth-order valence-electron chi connectivity index (χ4n) is 2.22. The quantitative estimate of drug-likeness (QED) is 0.543. The topological polar surface area (TPSA) is 50.9 Å². The summed E-state index contributed by atoms with van der Waals surface area (Å²) in [6.07, 6.45) is 0.609. The Balaban J connectivity index is 1.91. The van der Waals surface area contributed by atoms with Gasteiger partial charge in [0.25, 0.3) is 0 Å². The van der Waals surface area contributed by atoms with E-state index in [4.69, 9.17) is 5.84 Å². The van der Waals surface area contributed by atoms with E-state index in [-0.39, 0.29) is 11.9 Å². The number of hydrogen-bond acceptors (Lipinski definition) is 4. The standard InChI is InChI=1S/C15H13BrFN3S/c16-11-6-5-9(17)7-10(11)13(20-18)8-15-19-12-3-1-2-4-14(12)21-15/h1-7,13,20H,8,18H2. The van der Waals surface area contributed by atoms with E-state index in [1.807, 2.05) is 24.3 Å². The fraction of sp³-hybridized carbons (Fsp3) is 0.133. The van der Waals surface area contributed by atoms with Crippen LogP contribution < -0.4 is 11.3 Å². The molecule has 1 atom stereocenters. The first kappa shape index (κ1) is 14.6. The Labute approximate surface area is 134 Å². The highest BCUT2D eigenvalue weighted by atomic mass is 79.9. The first-order chi connectivity index (χ1) is 10.2. The summed E-state index contributed by atoms with van der Waals surface area (Å²) >= 11 is 5.07. The number of hydrazine groups is 1. The average molecular weight is 366 g/mol. The Bertz CT molecular complexity index is 741. The first-order valence-electron chi connectivity index (χ1n) is 6.43. The number of fused-ring (bicyclic) bond motifs is 1. The number of para-hydroxylation sites is 1. The Kier molecular flexibility index (Phi) is 4.30. The van der Waals surface area contributed by atoms with Gasteiger partial charge in [-0.2, -0.15) is 0 Å². The van der Waals surface area contributed by atoms with Crippen molar-refractivity contribution in [2.45, 2.75) is 12.5 Å². The molecule has 0 fully saturated rings. The number of hydrogen-bond donors (Lipinski definition) is 2. The lowest BCUT2D eigenvalue weighted by Gasteiger charge is -2.16. The van der Waals surface area contributed by atoms with Crippen molar-refractivity contribution in [1.29, 1.82) is 0 Å². The molecule has 0 aliphatic heterocycles. The van der Waals surface area contributed by atoms with Crippen LogP contribution in [0, 0.1) is 5.82 Å². The highest BCUT2D eigenvalue weighted by molar-refractivity contribution is 9.10. The van der Waals surface area contributed by atoms with Crippen molar-refractivity contribution in [2.24, 2.45) is 5.84 Å². The molecule has 0 saturated heterocycles. The number of halogens is 2. The number of nitrogens with one attached hydrogen (secondary N) is 1. The molecular weight excluding hydrogens is 353 g/mol. The fourth-order valence-corrected chi connectivity index (χ4v) is 3.76. The van der Waals surface area contributed by atoms with E-state index in [1.165, 1.54) is 12.1 Å². The Morgan fingerprint density at radius 2 is 2.10 bits per heavy atom. The molecule has 0 aliphatic rings. The predicted molar refractivity (Wildman–Crippen MR) is 87.5 cm³/mol. The minimum atomic E-state index is -0.280. The van der Waals surface area contributed by atoms with Gasteiger partial charge in [-0.3, -0.25) is 11.3 Å². The van der Waals surface area contributed by atoms with Gasteiger partial charge in [-0.25, -0.2) is 9.37 Å². The van der Waals surface area contributed by atoms with Crippen molar-refractivity contribution in [1.82, 2.24) is 10.4 Å². The van der Waals surface area contributed by atoms with Gasteiger partial charge in [0.05, 0.1) is 21.3 Å². The Hall–Kier alpha value is -1.34. The molecule has 3 aromatic rings. The van der Waals surface area contributed by atoms with E-state index in [0.29, 0.717) is 6.42 Å². The molecule has 0 aliphatic carbocycles. The highest BCUT2D eigenvalue weighted by Gasteiger charge is 2.17. The van der Waals surface area contributed by atoms with Crippen LogP contribution in [-0.2, 0) is 6.42 Å². The van der Waals surface area contributed by atoms with Crippen LogP contribution in [0.15, 0.2) is 46.9 Å². The van der Waals surface area contributed by atoms with Crippen LogP contribution in [0.1, 0.15) is 16.6 Å². The lowest BCUT2D eigenvalue weighted by Crippen LogP contribution is -2.29. The van der Waals surface area contributed by atoms with Gasteiger partial charge < -0.3 is 0 Å². The van der Waals surface area contributed by atoms with Crippen molar-refractivity contribution in [3.63, 3.8) is 0 Å². The van der Waals surface area contributed by atoms with Crippen LogP contribution in [-0.4, -0.2) is 4.98 Å². The molecule has 1 unspecified atom stereocenters. The zero-order valence-corrected chi connectivity index (χ0v) is 13.4. The highest BCUT2D eigenvalue weighted by Crippen LogP contribution is 2.29. The largest absolute Gasteiger partial charge is 0.271 e. The maximum Gasteiger partial charge on any atom is 0.123 e. The summed E-state index contributed by atoms with van der Waals surface area (Å²) in [5.74, 6) is 5.37. The zero-order valence-electron chi connectivity index (χ0n) is 11.0. The molecule has 0 spiro atoms. The van der Waals surface area contributed by atoms with Gasteiger partial charge in [-0.15, -0.1) is 11.3 Å². The van der Waals surface area contributed by atoms with Crippen LogP contribution in [0.4, 0.5) is 4.39 Å². The summed E-state index contributed by atoms with van der Waals surface area (Å²) in [5, 5.41) is 0.968. The Morgan fingerprint density at radius 3 is 2.86 bits per heavy atom. The number of rotatable bonds is 4. The van der Waals surface area contributed by atoms with E-state index in [1.54, 1.807) is 17.4 Å². The summed E-state index contributed by atoms with van der Waals surface area (Å²) in [6, 6.07) is 12.4. The summed E-state index contributed by atoms with van der Waals surface area (Å²) in [5.41, 5.74) is 4.52. The third kappa shape index (κ3) is 3.13. The van der Waals surface area contributed by atoms with Gasteiger partial charge in [-0.1, -0.05) is 28.1 Å². The van der Waals surface area contributed by atoms with E-state index < -0.39 is 0 Å². The molecule has 1 heterocycles. The van der Waals surface area contributed by atoms with Crippen molar-refractivity contribution in [3.8, 4) is 0 Å². The Morgan fingerprint density at radius 1 is 1.29 bits per heavy atom. The van der Waals surface area contributed by atoms with Gasteiger partial charge in [0.15, 0.2) is 0 Å². The maximum atomic E-state index is 13.4. The van der Waals surface area contributed by atoms with Gasteiger partial charge in [-0.05, 0) is 35.9 Å². The molecule has 6 heteroatoms. The smallest absolute Gasteiger partial charge is 0.123 e. The van der Waals surface area contributed by atoms with Crippen LogP contribution in [0.3, 0.4) is 0 Å². The van der Waals surface area contributed by atoms with Gasteiger partial charge in [0, 0.05) is 10.9 Å². The van der Waals surface area contributed by atoms with Crippen LogP contribution in [0.2, 0.25) is 0 Å². The number of aromatic nitrogens is 1. The molecule has 2 aromatic carbocycles. The van der Waals surface area contributed by atoms with E-state index in [0.717, 1.165) is 25.3 Å². The van der Waals surface area contributed by atoms with E-state index >= 15 is 0 Å². The van der Waals surface area contributed by atoms with Gasteiger partial charge in [0.1, 0.15) is 5.82 Å². The van der Waals surface area contributed by atoms with Crippen LogP contribution in [0.5, 0.6) is 0 Å². The summed E-state index contributed by atoms with van der Waals surface area (Å²) in [6.45, 7) is 0. The first-order valence-corrected chi connectivity index (χ1v) is 8.04. The van der Waals surface area contributed by atoms with Gasteiger partial charge in [0.2, 0.25) is 0 Å². The molecule has 0 saturated carbocycles. The number of thiazole rings is 1. The van der Waals surface area contributed by atoms with Crippen molar-refractivity contribution < 1.29 is 4.39 Å². The molecular formula is C15H13BrFN3S. The third-order valence-electron chi connectivity index (χ3n) is 3.25. The molecule has 108 valence electrons. The minimum Gasteiger partial charge on any atom is -0.271 e. The second-order valence-corrected chi connectivity index (χ2v) is 6.63. The number of nitrogens with two attached hydrogens (primary N) is 1. The number of nitrogens with zero attached hydrogens (tertiary/aromatic N) is 1. The lowest BCUT2D eigenvalue weighted by molar-refractivity contribution is 0.541. The maximum absolute atomic E-state index is 13.4. The molecule has 3 nitrogen and oxygen atoms in total. The minimum absolute atomic E-state index is 0.198. The normalized spacial score (nSPS) is 12.7. The summed E-state index contributed by atoms with van der Waals surface area (Å²) in [7, 11) is 0. The van der Waals surface area contributed by atoms with Crippen LogP contribution >= 0.6 is 27.3 Å². The molecule has 21 heavy (non-hydrogen) atoms. The molecule has 0 bridgehead atoms. The van der Waals surface area contributed by atoms with Crippen molar-refractivity contribution >= 4 is 37.5 Å².